The molecule has 1 aliphatic heterocycles. The zero-order valence-corrected chi connectivity index (χ0v) is 19.2. The zero-order valence-electron chi connectivity index (χ0n) is 18.4. The van der Waals surface area contributed by atoms with Crippen LogP contribution in [0.4, 0.5) is 11.5 Å². The summed E-state index contributed by atoms with van der Waals surface area (Å²) in [5, 5.41) is 6.57. The van der Waals surface area contributed by atoms with Crippen LogP contribution in [0, 0.1) is 6.92 Å². The fourth-order valence-electron chi connectivity index (χ4n) is 3.60. The van der Waals surface area contributed by atoms with Crippen LogP contribution in [0.5, 0.6) is 0 Å². The molecule has 1 amide bonds. The second-order valence-electron chi connectivity index (χ2n) is 7.67. The fraction of sp³-hybridized carbons (Fsp3) is 0.261. The van der Waals surface area contributed by atoms with Crippen molar-refractivity contribution in [3.8, 4) is 0 Å². The topological polar surface area (TPSA) is 109 Å². The van der Waals surface area contributed by atoms with Crippen molar-refractivity contribution in [2.45, 2.75) is 18.7 Å². The van der Waals surface area contributed by atoms with Crippen LogP contribution in [0.2, 0.25) is 0 Å². The number of piperazine rings is 1. The van der Waals surface area contributed by atoms with Crippen LogP contribution in [0.1, 0.15) is 23.9 Å². The van der Waals surface area contributed by atoms with Gasteiger partial charge >= 0.3 is 0 Å². The maximum absolute atomic E-state index is 13.1. The van der Waals surface area contributed by atoms with E-state index in [1.165, 1.54) is 11.2 Å². The van der Waals surface area contributed by atoms with Crippen molar-refractivity contribution >= 4 is 39.6 Å². The largest absolute Gasteiger partial charge is 0.354 e. The van der Waals surface area contributed by atoms with E-state index >= 15 is 0 Å². The molecule has 4 rings (SSSR count). The first-order valence-electron chi connectivity index (χ1n) is 10.5. The second kappa shape index (κ2) is 9.55. The number of carbonyl (C=O) groups is 1. The third-order valence-electron chi connectivity index (χ3n) is 5.35. The number of amides is 1. The van der Waals surface area contributed by atoms with Crippen LogP contribution in [0.15, 0.2) is 58.1 Å². The standard InChI is InChI=1S/C23H25N5O4S/c1-17-23(25-18(2)29)21(32-26-17)11-8-19-6-9-20(10-7-19)33(30,31)28-15-13-27(14-16-28)22-5-3-4-12-24-22/h3-12H,13-16H2,1-2H3,(H,25,29)/b11-8-. The molecule has 1 N–H and O–H groups in total. The molecule has 3 aromatic rings. The van der Waals surface area contributed by atoms with Crippen molar-refractivity contribution in [1.29, 1.82) is 0 Å². The number of hydrogen-bond acceptors (Lipinski definition) is 7. The molecule has 0 saturated carbocycles. The summed E-state index contributed by atoms with van der Waals surface area (Å²) in [6, 6.07) is 12.4. The van der Waals surface area contributed by atoms with E-state index in [1.807, 2.05) is 18.2 Å². The Morgan fingerprint density at radius 1 is 1.06 bits per heavy atom. The summed E-state index contributed by atoms with van der Waals surface area (Å²) in [6.45, 7) is 5.13. The van der Waals surface area contributed by atoms with Gasteiger partial charge in [0.15, 0.2) is 5.76 Å². The number of hydrogen-bond donors (Lipinski definition) is 1. The number of benzene rings is 1. The van der Waals surface area contributed by atoms with Crippen molar-refractivity contribution < 1.29 is 17.7 Å². The lowest BCUT2D eigenvalue weighted by Crippen LogP contribution is -2.48. The monoisotopic (exact) mass is 467 g/mol. The van der Waals surface area contributed by atoms with Gasteiger partial charge in [-0.3, -0.25) is 4.79 Å². The number of nitrogens with one attached hydrogen (secondary N) is 1. The molecule has 0 spiro atoms. The Hall–Kier alpha value is -3.50. The maximum atomic E-state index is 13.1. The Morgan fingerprint density at radius 2 is 1.79 bits per heavy atom. The summed E-state index contributed by atoms with van der Waals surface area (Å²) in [4.78, 5) is 18.0. The van der Waals surface area contributed by atoms with Gasteiger partial charge in [-0.15, -0.1) is 0 Å². The molecule has 0 atom stereocenters. The lowest BCUT2D eigenvalue weighted by atomic mass is 10.2. The summed E-state index contributed by atoms with van der Waals surface area (Å²) in [7, 11) is -3.58. The normalized spacial score (nSPS) is 15.2. The number of anilines is 2. The predicted molar refractivity (Wildman–Crippen MR) is 126 cm³/mol. The highest BCUT2D eigenvalue weighted by Gasteiger charge is 2.28. The SMILES string of the molecule is CC(=O)Nc1c(C)noc1/C=C\c1ccc(S(=O)(=O)N2CCN(c3ccccn3)CC2)cc1. The molecule has 2 aromatic heterocycles. The lowest BCUT2D eigenvalue weighted by Gasteiger charge is -2.34. The van der Waals surface area contributed by atoms with Crippen molar-refractivity contribution in [2.75, 3.05) is 36.4 Å². The Labute approximate surface area is 192 Å². The molecule has 1 aliphatic rings. The van der Waals surface area contributed by atoms with Gasteiger partial charge in [-0.2, -0.15) is 4.31 Å². The molecule has 0 aliphatic carbocycles. The van der Waals surface area contributed by atoms with Crippen LogP contribution >= 0.6 is 0 Å². The number of aromatic nitrogens is 2. The number of sulfonamides is 1. The average Bonchev–Trinajstić information content (AvgIpc) is 3.17. The number of rotatable bonds is 6. The molecule has 0 bridgehead atoms. The van der Waals surface area contributed by atoms with Gasteiger partial charge in [-0.25, -0.2) is 13.4 Å². The van der Waals surface area contributed by atoms with Gasteiger partial charge in [0, 0.05) is 39.3 Å². The molecule has 1 fully saturated rings. The molecule has 0 unspecified atom stereocenters. The van der Waals surface area contributed by atoms with Crippen molar-refractivity contribution in [3.63, 3.8) is 0 Å². The second-order valence-corrected chi connectivity index (χ2v) is 9.61. The summed E-state index contributed by atoms with van der Waals surface area (Å²) >= 11 is 0. The minimum absolute atomic E-state index is 0.216. The summed E-state index contributed by atoms with van der Waals surface area (Å²) in [5.41, 5.74) is 1.88. The summed E-state index contributed by atoms with van der Waals surface area (Å²) < 4.78 is 32.9. The van der Waals surface area contributed by atoms with Crippen LogP contribution in [0.3, 0.4) is 0 Å². The molecule has 172 valence electrons. The zero-order chi connectivity index (χ0) is 23.4. The van der Waals surface area contributed by atoms with Crippen LogP contribution in [-0.4, -0.2) is 54.9 Å². The Balaban J connectivity index is 1.43. The van der Waals surface area contributed by atoms with Crippen LogP contribution < -0.4 is 10.2 Å². The molecule has 0 radical (unpaired) electrons. The Kier molecular flexibility index (Phi) is 6.57. The molecular formula is C23H25N5O4S. The highest BCUT2D eigenvalue weighted by Crippen LogP contribution is 2.24. The molecular weight excluding hydrogens is 442 g/mol. The Morgan fingerprint density at radius 3 is 2.42 bits per heavy atom. The van der Waals surface area contributed by atoms with Gasteiger partial charge in [0.1, 0.15) is 17.2 Å². The quantitative estimate of drug-likeness (QED) is 0.594. The van der Waals surface area contributed by atoms with Gasteiger partial charge in [-0.1, -0.05) is 29.4 Å². The molecule has 1 aromatic carbocycles. The maximum Gasteiger partial charge on any atom is 0.243 e. The third kappa shape index (κ3) is 5.12. The van der Waals surface area contributed by atoms with E-state index in [0.717, 1.165) is 11.4 Å². The number of aryl methyl sites for hydroxylation is 1. The molecule has 3 heterocycles. The van der Waals surface area contributed by atoms with Gasteiger partial charge in [0.2, 0.25) is 15.9 Å². The van der Waals surface area contributed by atoms with Crippen molar-refractivity contribution in [3.05, 3.63) is 65.7 Å². The Bertz CT molecular complexity index is 1250. The number of pyridine rings is 1. The van der Waals surface area contributed by atoms with Crippen LogP contribution in [0.25, 0.3) is 12.2 Å². The van der Waals surface area contributed by atoms with E-state index in [1.54, 1.807) is 49.5 Å². The fourth-order valence-corrected chi connectivity index (χ4v) is 5.02. The molecule has 9 nitrogen and oxygen atoms in total. The predicted octanol–water partition coefficient (Wildman–Crippen LogP) is 3.02. The molecule has 10 heteroatoms. The third-order valence-corrected chi connectivity index (χ3v) is 7.26. The minimum atomic E-state index is -3.58. The van der Waals surface area contributed by atoms with Gasteiger partial charge in [0.25, 0.3) is 0 Å². The van der Waals surface area contributed by atoms with Gasteiger partial charge in [0.05, 0.1) is 4.90 Å². The minimum Gasteiger partial charge on any atom is -0.354 e. The van der Waals surface area contributed by atoms with E-state index in [9.17, 15) is 13.2 Å². The van der Waals surface area contributed by atoms with E-state index in [-0.39, 0.29) is 10.8 Å². The lowest BCUT2D eigenvalue weighted by molar-refractivity contribution is -0.114. The van der Waals surface area contributed by atoms with Crippen LogP contribution in [-0.2, 0) is 14.8 Å². The van der Waals surface area contributed by atoms with E-state index in [0.29, 0.717) is 43.3 Å². The highest BCUT2D eigenvalue weighted by atomic mass is 32.2. The van der Waals surface area contributed by atoms with Gasteiger partial charge in [-0.05, 0) is 42.8 Å². The van der Waals surface area contributed by atoms with Crippen molar-refractivity contribution in [2.24, 2.45) is 0 Å². The van der Waals surface area contributed by atoms with Crippen molar-refractivity contribution in [1.82, 2.24) is 14.4 Å². The molecule has 1 saturated heterocycles. The number of nitrogens with zero attached hydrogens (tertiary/aromatic N) is 4. The highest BCUT2D eigenvalue weighted by molar-refractivity contribution is 7.89. The first kappa shape index (κ1) is 22.7. The first-order chi connectivity index (χ1) is 15.8. The molecule has 33 heavy (non-hydrogen) atoms. The summed E-state index contributed by atoms with van der Waals surface area (Å²) in [5.74, 6) is 1.06. The van der Waals surface area contributed by atoms with E-state index in [4.69, 9.17) is 4.52 Å². The smallest absolute Gasteiger partial charge is 0.243 e. The average molecular weight is 468 g/mol. The van der Waals surface area contributed by atoms with E-state index < -0.39 is 10.0 Å². The van der Waals surface area contributed by atoms with Gasteiger partial charge < -0.3 is 14.7 Å². The summed E-state index contributed by atoms with van der Waals surface area (Å²) in [6.07, 6.45) is 5.19. The van der Waals surface area contributed by atoms with E-state index in [2.05, 4.69) is 20.4 Å². The number of carbonyl (C=O) groups excluding carboxylic acids is 1. The first-order valence-corrected chi connectivity index (χ1v) is 12.0.